The number of hydrogen-bond donors (Lipinski definition) is 0. The van der Waals surface area contributed by atoms with Gasteiger partial charge in [0.05, 0.1) is 0 Å². The molecule has 1 aliphatic heterocycles. The second-order valence-electron chi connectivity index (χ2n) is 6.59. The summed E-state index contributed by atoms with van der Waals surface area (Å²) in [5, 5.41) is 0. The molecule has 1 atom stereocenters. The molecule has 1 amide bonds. The Labute approximate surface area is 147 Å². The molecular formula is C20H23FN2O2. The average molecular weight is 342 g/mol. The molecule has 0 saturated carbocycles. The monoisotopic (exact) mass is 342 g/mol. The van der Waals surface area contributed by atoms with Crippen molar-refractivity contribution < 1.29 is 13.9 Å². The molecule has 0 radical (unpaired) electrons. The van der Waals surface area contributed by atoms with Crippen LogP contribution in [-0.2, 0) is 6.54 Å². The SMILES string of the molecule is Cc1cccc(CN2CCN(C(=O)Oc3cccc(F)c3)[C@H](C)C2)c1. The molecule has 0 aromatic heterocycles. The Morgan fingerprint density at radius 2 is 2.00 bits per heavy atom. The fourth-order valence-corrected chi connectivity index (χ4v) is 3.21. The van der Waals surface area contributed by atoms with Crippen molar-refractivity contribution in [3.8, 4) is 5.75 Å². The van der Waals surface area contributed by atoms with Gasteiger partial charge in [-0.05, 0) is 31.5 Å². The van der Waals surface area contributed by atoms with Gasteiger partial charge < -0.3 is 9.64 Å². The largest absolute Gasteiger partial charge is 0.415 e. The van der Waals surface area contributed by atoms with Crippen LogP contribution in [0, 0.1) is 12.7 Å². The van der Waals surface area contributed by atoms with E-state index >= 15 is 0 Å². The molecule has 1 saturated heterocycles. The van der Waals surface area contributed by atoms with Crippen LogP contribution >= 0.6 is 0 Å². The van der Waals surface area contributed by atoms with Crippen molar-refractivity contribution in [3.63, 3.8) is 0 Å². The second-order valence-corrected chi connectivity index (χ2v) is 6.59. The van der Waals surface area contributed by atoms with Gasteiger partial charge in [0, 0.05) is 38.3 Å². The number of rotatable bonds is 3. The van der Waals surface area contributed by atoms with Gasteiger partial charge in [0.2, 0.25) is 0 Å². The molecule has 5 heteroatoms. The first kappa shape index (κ1) is 17.4. The van der Waals surface area contributed by atoms with E-state index in [1.807, 2.05) is 6.92 Å². The Morgan fingerprint density at radius 1 is 1.20 bits per heavy atom. The van der Waals surface area contributed by atoms with Crippen LogP contribution in [0.5, 0.6) is 5.75 Å². The molecule has 1 heterocycles. The summed E-state index contributed by atoms with van der Waals surface area (Å²) in [6.07, 6.45) is -0.423. The maximum atomic E-state index is 13.2. The maximum absolute atomic E-state index is 13.2. The van der Waals surface area contributed by atoms with Crippen molar-refractivity contribution >= 4 is 6.09 Å². The topological polar surface area (TPSA) is 32.8 Å². The lowest BCUT2D eigenvalue weighted by atomic mass is 10.1. The van der Waals surface area contributed by atoms with Gasteiger partial charge in [0.1, 0.15) is 11.6 Å². The lowest BCUT2D eigenvalue weighted by Gasteiger charge is -2.39. The number of hydrogen-bond acceptors (Lipinski definition) is 3. The predicted octanol–water partition coefficient (Wildman–Crippen LogP) is 3.84. The lowest BCUT2D eigenvalue weighted by molar-refractivity contribution is 0.0752. The summed E-state index contributed by atoms with van der Waals surface area (Å²) in [6, 6.07) is 14.2. The van der Waals surface area contributed by atoms with Crippen LogP contribution in [-0.4, -0.2) is 41.6 Å². The van der Waals surface area contributed by atoms with Crippen LogP contribution in [0.3, 0.4) is 0 Å². The summed E-state index contributed by atoms with van der Waals surface area (Å²) in [5.74, 6) is -0.180. The van der Waals surface area contributed by atoms with E-state index in [0.29, 0.717) is 6.54 Å². The van der Waals surface area contributed by atoms with Gasteiger partial charge in [-0.1, -0.05) is 35.9 Å². The minimum atomic E-state index is -0.423. The van der Waals surface area contributed by atoms with Crippen molar-refractivity contribution in [2.24, 2.45) is 0 Å². The minimum Gasteiger partial charge on any atom is -0.410 e. The molecule has 0 spiro atoms. The summed E-state index contributed by atoms with van der Waals surface area (Å²) in [4.78, 5) is 16.4. The Balaban J connectivity index is 1.57. The van der Waals surface area contributed by atoms with Crippen LogP contribution in [0.1, 0.15) is 18.1 Å². The number of nitrogens with zero attached hydrogens (tertiary/aromatic N) is 2. The highest BCUT2D eigenvalue weighted by Crippen LogP contribution is 2.18. The predicted molar refractivity (Wildman–Crippen MR) is 95.0 cm³/mol. The van der Waals surface area contributed by atoms with E-state index in [4.69, 9.17) is 4.74 Å². The fourth-order valence-electron chi connectivity index (χ4n) is 3.21. The highest BCUT2D eigenvalue weighted by molar-refractivity contribution is 5.71. The van der Waals surface area contributed by atoms with Crippen LogP contribution in [0.4, 0.5) is 9.18 Å². The van der Waals surface area contributed by atoms with Crippen molar-refractivity contribution in [1.29, 1.82) is 0 Å². The second kappa shape index (κ2) is 7.66. The number of aryl methyl sites for hydroxylation is 1. The lowest BCUT2D eigenvalue weighted by Crippen LogP contribution is -2.54. The zero-order valence-corrected chi connectivity index (χ0v) is 14.6. The summed E-state index contributed by atoms with van der Waals surface area (Å²) >= 11 is 0. The van der Waals surface area contributed by atoms with Crippen molar-refractivity contribution in [2.75, 3.05) is 19.6 Å². The summed E-state index contributed by atoms with van der Waals surface area (Å²) < 4.78 is 18.5. The van der Waals surface area contributed by atoms with Gasteiger partial charge >= 0.3 is 6.09 Å². The smallest absolute Gasteiger partial charge is 0.410 e. The zero-order valence-electron chi connectivity index (χ0n) is 14.6. The molecule has 3 rings (SSSR count). The quantitative estimate of drug-likeness (QED) is 0.850. The van der Waals surface area contributed by atoms with Gasteiger partial charge in [-0.3, -0.25) is 4.90 Å². The molecule has 0 unspecified atom stereocenters. The van der Waals surface area contributed by atoms with E-state index in [9.17, 15) is 9.18 Å². The Morgan fingerprint density at radius 3 is 2.72 bits per heavy atom. The fraction of sp³-hybridized carbons (Fsp3) is 0.350. The molecule has 1 fully saturated rings. The molecule has 1 aliphatic rings. The first-order valence-corrected chi connectivity index (χ1v) is 8.53. The molecule has 0 bridgehead atoms. The summed E-state index contributed by atoms with van der Waals surface area (Å²) in [6.45, 7) is 7.14. The van der Waals surface area contributed by atoms with Gasteiger partial charge in [0.15, 0.2) is 0 Å². The van der Waals surface area contributed by atoms with Crippen molar-refractivity contribution in [1.82, 2.24) is 9.80 Å². The number of amides is 1. The number of carbonyl (C=O) groups excluding carboxylic acids is 1. The maximum Gasteiger partial charge on any atom is 0.415 e. The third-order valence-electron chi connectivity index (χ3n) is 4.44. The zero-order chi connectivity index (χ0) is 17.8. The van der Waals surface area contributed by atoms with E-state index in [0.717, 1.165) is 19.6 Å². The molecule has 2 aromatic carbocycles. The van der Waals surface area contributed by atoms with Crippen LogP contribution in [0.15, 0.2) is 48.5 Å². The Kier molecular flexibility index (Phi) is 5.34. The standard InChI is InChI=1S/C20H23FN2O2/c1-15-5-3-6-17(11-15)14-22-9-10-23(16(2)13-22)20(24)25-19-8-4-7-18(21)12-19/h3-8,11-12,16H,9-10,13-14H2,1-2H3/t16-/m1/s1. The molecule has 4 nitrogen and oxygen atoms in total. The summed E-state index contributed by atoms with van der Waals surface area (Å²) in [5.41, 5.74) is 2.53. The number of carbonyl (C=O) groups is 1. The first-order chi connectivity index (χ1) is 12.0. The number of benzene rings is 2. The van der Waals surface area contributed by atoms with E-state index in [-0.39, 0.29) is 11.8 Å². The van der Waals surface area contributed by atoms with Gasteiger partial charge in [0.25, 0.3) is 0 Å². The van der Waals surface area contributed by atoms with Crippen molar-refractivity contribution in [2.45, 2.75) is 26.4 Å². The molecular weight excluding hydrogens is 319 g/mol. The first-order valence-electron chi connectivity index (χ1n) is 8.53. The molecule has 132 valence electrons. The van der Waals surface area contributed by atoms with E-state index < -0.39 is 11.9 Å². The number of piperazine rings is 1. The third-order valence-corrected chi connectivity index (χ3v) is 4.44. The number of halogens is 1. The number of ether oxygens (including phenoxy) is 1. The highest BCUT2D eigenvalue weighted by atomic mass is 19.1. The van der Waals surface area contributed by atoms with Gasteiger partial charge in [-0.15, -0.1) is 0 Å². The highest BCUT2D eigenvalue weighted by Gasteiger charge is 2.28. The molecule has 25 heavy (non-hydrogen) atoms. The normalized spacial score (nSPS) is 18.2. The van der Waals surface area contributed by atoms with Gasteiger partial charge in [-0.25, -0.2) is 9.18 Å². The summed E-state index contributed by atoms with van der Waals surface area (Å²) in [7, 11) is 0. The Hall–Kier alpha value is -2.40. The van der Waals surface area contributed by atoms with Crippen LogP contribution in [0.2, 0.25) is 0 Å². The third kappa shape index (κ3) is 4.57. The molecule has 2 aromatic rings. The average Bonchev–Trinajstić information content (AvgIpc) is 2.55. The minimum absolute atomic E-state index is 0.0413. The molecule has 0 N–H and O–H groups in total. The van der Waals surface area contributed by atoms with Gasteiger partial charge in [-0.2, -0.15) is 0 Å². The van der Waals surface area contributed by atoms with E-state index in [2.05, 4.69) is 36.1 Å². The van der Waals surface area contributed by atoms with Crippen LogP contribution < -0.4 is 4.74 Å². The van der Waals surface area contributed by atoms with Crippen LogP contribution in [0.25, 0.3) is 0 Å². The van der Waals surface area contributed by atoms with E-state index in [1.165, 1.54) is 29.3 Å². The van der Waals surface area contributed by atoms with Crippen molar-refractivity contribution in [3.05, 3.63) is 65.5 Å². The van der Waals surface area contributed by atoms with E-state index in [1.54, 1.807) is 11.0 Å². The Bertz CT molecular complexity index is 750. The molecule has 0 aliphatic carbocycles.